The monoisotopic (exact) mass is 732 g/mol. The van der Waals surface area contributed by atoms with Gasteiger partial charge < -0.3 is 4.57 Å². The number of nitrogens with zero attached hydrogens (tertiary/aromatic N) is 4. The lowest BCUT2D eigenvalue weighted by atomic mass is 10.0. The van der Waals surface area contributed by atoms with Crippen LogP contribution in [0.15, 0.2) is 164 Å². The predicted octanol–water partition coefficient (Wildman–Crippen LogP) is 13.1. The topological polar surface area (TPSA) is 43.6 Å². The van der Waals surface area contributed by atoms with Gasteiger partial charge in [-0.15, -0.1) is 11.3 Å². The zero-order valence-electron chi connectivity index (χ0n) is 30.3. The van der Waals surface area contributed by atoms with E-state index in [4.69, 9.17) is 15.0 Å². The van der Waals surface area contributed by atoms with Crippen LogP contribution < -0.4 is 0 Å². The van der Waals surface area contributed by atoms with E-state index in [-0.39, 0.29) is 0 Å². The van der Waals surface area contributed by atoms with E-state index in [1.807, 2.05) is 6.07 Å². The molecule has 0 atom stereocenters. The molecule has 0 unspecified atom stereocenters. The third-order valence-electron chi connectivity index (χ3n) is 10.8. The summed E-state index contributed by atoms with van der Waals surface area (Å²) < 4.78 is 4.84. The molecule has 7 aromatic carbocycles. The molecule has 0 amide bonds. The molecule has 0 saturated carbocycles. The fourth-order valence-electron chi connectivity index (χ4n) is 8.13. The molecule has 0 fully saturated rings. The Kier molecular flexibility index (Phi) is 7.68. The van der Waals surface area contributed by atoms with Crippen LogP contribution in [0, 0.1) is 12.1 Å². The molecule has 0 saturated heterocycles. The van der Waals surface area contributed by atoms with Crippen molar-refractivity contribution in [1.82, 2.24) is 19.5 Å². The smallest absolute Gasteiger partial charge is 0.172 e. The second-order valence-electron chi connectivity index (χ2n) is 14.1. The van der Waals surface area contributed by atoms with Crippen LogP contribution in [0.4, 0.5) is 0 Å². The summed E-state index contributed by atoms with van der Waals surface area (Å²) in [5.41, 5.74) is 12.0. The first kappa shape index (κ1) is 32.3. The summed E-state index contributed by atoms with van der Waals surface area (Å²) in [5.74, 6) is 1.81. The number of fused-ring (bicyclic) bond motifs is 6. The standard InChI is InChI=1S/C51H32N4S/c1-2-13-33(14-3-1)34-25-29-36(30-26-34)49-52-50(54-51(53-49)43-20-12-19-42-41-18-7-11-24-47(41)56-48(42)43)37-31-27-35(28-32-37)38-15-4-8-21-44(38)55-45-22-9-5-16-39(45)40-17-6-10-23-46(40)55/h1-9,11-22,24-27,29-31H,10,23H2. The molecule has 10 aromatic rings. The third-order valence-corrected chi connectivity index (χ3v) is 12.0. The maximum Gasteiger partial charge on any atom is 0.172 e. The number of aromatic nitrogens is 4. The maximum atomic E-state index is 5.15. The van der Waals surface area contributed by atoms with Crippen LogP contribution >= 0.6 is 11.3 Å². The van der Waals surface area contributed by atoms with Gasteiger partial charge in [-0.1, -0.05) is 146 Å². The average Bonchev–Trinajstić information content (AvgIpc) is 3.83. The summed E-state index contributed by atoms with van der Waals surface area (Å²) in [6, 6.07) is 62.3. The Morgan fingerprint density at radius 2 is 1.16 bits per heavy atom. The van der Waals surface area contributed by atoms with E-state index < -0.39 is 0 Å². The minimum absolute atomic E-state index is 0.559. The maximum absolute atomic E-state index is 5.15. The van der Waals surface area contributed by atoms with Crippen LogP contribution in [0.5, 0.6) is 0 Å². The fourth-order valence-corrected chi connectivity index (χ4v) is 9.34. The van der Waals surface area contributed by atoms with E-state index in [1.54, 1.807) is 11.3 Å². The fraction of sp³-hybridized carbons (Fsp3) is 0.0392. The van der Waals surface area contributed by atoms with Gasteiger partial charge >= 0.3 is 0 Å². The van der Waals surface area contributed by atoms with E-state index in [9.17, 15) is 0 Å². The normalized spacial score (nSPS) is 12.3. The molecule has 1 aliphatic carbocycles. The summed E-state index contributed by atoms with van der Waals surface area (Å²) in [6.45, 7) is 0. The highest BCUT2D eigenvalue weighted by Crippen LogP contribution is 2.40. The van der Waals surface area contributed by atoms with Crippen molar-refractivity contribution in [3.8, 4) is 62.1 Å². The van der Waals surface area contributed by atoms with Gasteiger partial charge in [-0.3, -0.25) is 0 Å². The average molecular weight is 733 g/mol. The number of allylic oxidation sites excluding steroid dienone is 1. The van der Waals surface area contributed by atoms with Gasteiger partial charge in [0.25, 0.3) is 0 Å². The number of thiophene rings is 1. The van der Waals surface area contributed by atoms with Gasteiger partial charge in [-0.05, 0) is 60.4 Å². The first-order valence-electron chi connectivity index (χ1n) is 18.9. The molecule has 3 aromatic heterocycles. The van der Waals surface area contributed by atoms with Gasteiger partial charge in [0, 0.05) is 59.1 Å². The minimum atomic E-state index is 0.559. The van der Waals surface area contributed by atoms with E-state index in [0.29, 0.717) is 17.5 Å². The number of hydrogen-bond acceptors (Lipinski definition) is 4. The largest absolute Gasteiger partial charge is 0.312 e. The van der Waals surface area contributed by atoms with Crippen molar-refractivity contribution in [2.24, 2.45) is 0 Å². The Labute approximate surface area is 328 Å². The van der Waals surface area contributed by atoms with Gasteiger partial charge in [0.2, 0.25) is 0 Å². The zero-order valence-corrected chi connectivity index (χ0v) is 31.1. The Morgan fingerprint density at radius 1 is 0.500 bits per heavy atom. The molecule has 5 heteroatoms. The van der Waals surface area contributed by atoms with Crippen LogP contribution in [0.2, 0.25) is 0 Å². The van der Waals surface area contributed by atoms with Crippen molar-refractivity contribution in [3.05, 3.63) is 187 Å². The van der Waals surface area contributed by atoms with E-state index in [0.717, 1.165) is 56.6 Å². The summed E-state index contributed by atoms with van der Waals surface area (Å²) in [5, 5.41) is 3.72. The molecule has 262 valence electrons. The van der Waals surface area contributed by atoms with Crippen LogP contribution in [0.3, 0.4) is 0 Å². The molecule has 0 aliphatic heterocycles. The molecule has 0 spiro atoms. The van der Waals surface area contributed by atoms with Crippen molar-refractivity contribution in [2.45, 2.75) is 12.8 Å². The van der Waals surface area contributed by atoms with Gasteiger partial charge in [0.15, 0.2) is 17.5 Å². The molecule has 1 aliphatic rings. The van der Waals surface area contributed by atoms with Gasteiger partial charge in [-0.25, -0.2) is 15.0 Å². The number of rotatable bonds is 6. The second kappa shape index (κ2) is 13.3. The lowest BCUT2D eigenvalue weighted by Crippen LogP contribution is -2.04. The molecule has 4 nitrogen and oxygen atoms in total. The van der Waals surface area contributed by atoms with E-state index in [1.165, 1.54) is 43.2 Å². The second-order valence-corrected chi connectivity index (χ2v) is 15.2. The highest BCUT2D eigenvalue weighted by Gasteiger charge is 2.21. The number of hydrogen-bond donors (Lipinski definition) is 0. The lowest BCUT2D eigenvalue weighted by Gasteiger charge is -2.16. The summed E-state index contributed by atoms with van der Waals surface area (Å²) >= 11 is 1.77. The van der Waals surface area contributed by atoms with Gasteiger partial charge in [0.1, 0.15) is 0 Å². The Bertz CT molecular complexity index is 3120. The SMILES string of the molecule is c1c(-c2nc(-c3ccc(-c4ccccc4)cc3)nc(-c3cccc4c3sc3ccccc34)n2)ccc(-c2ccccc2-n2c3c(c4ccccc42)C=CCC3)c#1. The first-order valence-corrected chi connectivity index (χ1v) is 19.7. The predicted molar refractivity (Wildman–Crippen MR) is 232 cm³/mol. The third kappa shape index (κ3) is 5.42. The quantitative estimate of drug-likeness (QED) is 0.171. The van der Waals surface area contributed by atoms with Crippen LogP contribution in [0.1, 0.15) is 17.7 Å². The lowest BCUT2D eigenvalue weighted by molar-refractivity contribution is 0.889. The van der Waals surface area contributed by atoms with E-state index >= 15 is 0 Å². The Hall–Kier alpha value is -7.13. The minimum Gasteiger partial charge on any atom is -0.312 e. The molecular weight excluding hydrogens is 701 g/mol. The summed E-state index contributed by atoms with van der Waals surface area (Å²) in [4.78, 5) is 15.4. The molecular formula is C51H32N4S. The van der Waals surface area contributed by atoms with Crippen molar-refractivity contribution >= 4 is 48.5 Å². The van der Waals surface area contributed by atoms with Gasteiger partial charge in [0.05, 0.1) is 16.8 Å². The molecule has 3 heterocycles. The van der Waals surface area contributed by atoms with Crippen molar-refractivity contribution in [1.29, 1.82) is 0 Å². The summed E-state index contributed by atoms with van der Waals surface area (Å²) in [7, 11) is 0. The van der Waals surface area contributed by atoms with Crippen molar-refractivity contribution in [3.63, 3.8) is 0 Å². The molecule has 11 rings (SSSR count). The van der Waals surface area contributed by atoms with Crippen LogP contribution in [-0.4, -0.2) is 19.5 Å². The number of benzene rings is 6. The highest BCUT2D eigenvalue weighted by atomic mass is 32.1. The molecule has 0 bridgehead atoms. The molecule has 0 N–H and O–H groups in total. The van der Waals surface area contributed by atoms with Crippen LogP contribution in [0.25, 0.3) is 99.3 Å². The Balaban J connectivity index is 1.04. The molecule has 0 radical (unpaired) electrons. The highest BCUT2D eigenvalue weighted by molar-refractivity contribution is 7.26. The zero-order chi connectivity index (χ0) is 37.0. The van der Waals surface area contributed by atoms with Crippen LogP contribution in [-0.2, 0) is 6.42 Å². The molecule has 56 heavy (non-hydrogen) atoms. The summed E-state index contributed by atoms with van der Waals surface area (Å²) in [6.07, 6.45) is 6.60. The van der Waals surface area contributed by atoms with Crippen molar-refractivity contribution < 1.29 is 0 Å². The van der Waals surface area contributed by atoms with Gasteiger partial charge in [-0.2, -0.15) is 0 Å². The van der Waals surface area contributed by atoms with E-state index in [2.05, 4.69) is 181 Å². The van der Waals surface area contributed by atoms with Crippen molar-refractivity contribution in [2.75, 3.05) is 0 Å². The number of para-hydroxylation sites is 2. The Morgan fingerprint density at radius 3 is 2.04 bits per heavy atom. The first-order chi connectivity index (χ1) is 27.8.